The highest BCUT2D eigenvalue weighted by Gasteiger charge is 2.18. The first-order valence-electron chi connectivity index (χ1n) is 8.92. The Hall–Kier alpha value is -3.19. The van der Waals surface area contributed by atoms with Gasteiger partial charge in [0, 0.05) is 23.9 Å². The monoisotopic (exact) mass is 381 g/mol. The molecule has 0 aliphatic carbocycles. The Morgan fingerprint density at radius 2 is 2.18 bits per heavy atom. The van der Waals surface area contributed by atoms with E-state index in [0.717, 1.165) is 22.4 Å². The van der Waals surface area contributed by atoms with Gasteiger partial charge in [0.1, 0.15) is 6.61 Å². The lowest BCUT2D eigenvalue weighted by Crippen LogP contribution is -2.14. The van der Waals surface area contributed by atoms with Crippen molar-refractivity contribution in [2.75, 3.05) is 5.32 Å². The minimum Gasteiger partial charge on any atom is -0.484 e. The fourth-order valence-electron chi connectivity index (χ4n) is 3.20. The molecule has 6 nitrogen and oxygen atoms in total. The highest BCUT2D eigenvalue weighted by atomic mass is 19.1. The SMILES string of the molecule is Cc1cnn(C)c1COc1ccc(C(=O)Nc2cccc3c2COC3)cc1F. The Morgan fingerprint density at radius 1 is 1.32 bits per heavy atom. The average molecular weight is 381 g/mol. The fourth-order valence-corrected chi connectivity index (χ4v) is 3.20. The zero-order valence-electron chi connectivity index (χ0n) is 15.7. The van der Waals surface area contributed by atoms with Crippen molar-refractivity contribution in [3.8, 4) is 5.75 Å². The Bertz CT molecular complexity index is 1030. The number of hydrogen-bond acceptors (Lipinski definition) is 4. The van der Waals surface area contributed by atoms with Crippen molar-refractivity contribution in [2.45, 2.75) is 26.7 Å². The number of anilines is 1. The average Bonchev–Trinajstić information content (AvgIpc) is 3.28. The number of halogens is 1. The van der Waals surface area contributed by atoms with E-state index in [1.807, 2.05) is 25.1 Å². The van der Waals surface area contributed by atoms with E-state index in [9.17, 15) is 9.18 Å². The summed E-state index contributed by atoms with van der Waals surface area (Å²) in [5.41, 5.74) is 4.76. The third-order valence-electron chi connectivity index (χ3n) is 4.85. The lowest BCUT2D eigenvalue weighted by molar-refractivity contribution is 0.102. The maximum Gasteiger partial charge on any atom is 0.255 e. The summed E-state index contributed by atoms with van der Waals surface area (Å²) < 4.78 is 27.1. The standard InChI is InChI=1S/C21H20FN3O3/c1-13-9-23-25(2)19(13)12-28-20-7-6-14(8-17(20)22)21(26)24-18-5-3-4-15-10-27-11-16(15)18/h3-9H,10-12H2,1-2H3,(H,24,26). The van der Waals surface area contributed by atoms with Crippen LogP contribution in [0.25, 0.3) is 0 Å². The molecule has 1 N–H and O–H groups in total. The van der Waals surface area contributed by atoms with Crippen molar-refractivity contribution in [3.05, 3.63) is 76.4 Å². The van der Waals surface area contributed by atoms with Gasteiger partial charge in [-0.1, -0.05) is 12.1 Å². The lowest BCUT2D eigenvalue weighted by Gasteiger charge is -2.11. The predicted octanol–water partition coefficient (Wildman–Crippen LogP) is 3.73. The van der Waals surface area contributed by atoms with Gasteiger partial charge in [-0.3, -0.25) is 9.48 Å². The number of ether oxygens (including phenoxy) is 2. The lowest BCUT2D eigenvalue weighted by atomic mass is 10.1. The molecule has 2 aromatic carbocycles. The number of benzene rings is 2. The van der Waals surface area contributed by atoms with Gasteiger partial charge in [-0.05, 0) is 42.3 Å². The molecule has 0 saturated carbocycles. The van der Waals surface area contributed by atoms with Gasteiger partial charge < -0.3 is 14.8 Å². The van der Waals surface area contributed by atoms with Crippen LogP contribution >= 0.6 is 0 Å². The fraction of sp³-hybridized carbons (Fsp3) is 0.238. The second-order valence-corrected chi connectivity index (χ2v) is 6.72. The summed E-state index contributed by atoms with van der Waals surface area (Å²) in [6, 6.07) is 9.84. The van der Waals surface area contributed by atoms with E-state index in [1.54, 1.807) is 24.0 Å². The van der Waals surface area contributed by atoms with Crippen molar-refractivity contribution in [1.29, 1.82) is 0 Å². The van der Waals surface area contributed by atoms with Crippen LogP contribution in [0.5, 0.6) is 5.75 Å². The number of carbonyl (C=O) groups is 1. The highest BCUT2D eigenvalue weighted by Crippen LogP contribution is 2.28. The summed E-state index contributed by atoms with van der Waals surface area (Å²) in [7, 11) is 1.81. The van der Waals surface area contributed by atoms with E-state index in [2.05, 4.69) is 10.4 Å². The predicted molar refractivity (Wildman–Crippen MR) is 102 cm³/mol. The van der Waals surface area contributed by atoms with Crippen LogP contribution in [0.2, 0.25) is 0 Å². The first-order valence-corrected chi connectivity index (χ1v) is 8.92. The van der Waals surface area contributed by atoms with Crippen LogP contribution in [0.4, 0.5) is 10.1 Å². The summed E-state index contributed by atoms with van der Waals surface area (Å²) in [6.45, 7) is 3.11. The van der Waals surface area contributed by atoms with Crippen molar-refractivity contribution in [3.63, 3.8) is 0 Å². The van der Waals surface area contributed by atoms with Gasteiger partial charge in [-0.2, -0.15) is 5.10 Å². The molecule has 28 heavy (non-hydrogen) atoms. The van der Waals surface area contributed by atoms with Gasteiger partial charge in [-0.25, -0.2) is 4.39 Å². The molecule has 4 rings (SSSR count). The number of hydrogen-bond donors (Lipinski definition) is 1. The topological polar surface area (TPSA) is 65.4 Å². The van der Waals surface area contributed by atoms with E-state index in [-0.39, 0.29) is 23.8 Å². The first kappa shape index (κ1) is 18.2. The molecule has 0 radical (unpaired) electrons. The second kappa shape index (κ2) is 7.44. The summed E-state index contributed by atoms with van der Waals surface area (Å²) >= 11 is 0. The zero-order valence-corrected chi connectivity index (χ0v) is 15.7. The van der Waals surface area contributed by atoms with Crippen LogP contribution in [0.15, 0.2) is 42.6 Å². The minimum atomic E-state index is -0.589. The van der Waals surface area contributed by atoms with Crippen molar-refractivity contribution >= 4 is 11.6 Å². The number of nitrogens with zero attached hydrogens (tertiary/aromatic N) is 2. The second-order valence-electron chi connectivity index (χ2n) is 6.72. The van der Waals surface area contributed by atoms with Gasteiger partial charge in [0.15, 0.2) is 11.6 Å². The van der Waals surface area contributed by atoms with E-state index < -0.39 is 5.82 Å². The van der Waals surface area contributed by atoms with Crippen LogP contribution < -0.4 is 10.1 Å². The van der Waals surface area contributed by atoms with E-state index in [1.165, 1.54) is 12.1 Å². The molecule has 2 heterocycles. The van der Waals surface area contributed by atoms with Gasteiger partial charge in [0.25, 0.3) is 5.91 Å². The molecule has 1 aliphatic rings. The van der Waals surface area contributed by atoms with Gasteiger partial charge in [0.2, 0.25) is 0 Å². The molecule has 3 aromatic rings. The van der Waals surface area contributed by atoms with Crippen LogP contribution in [0, 0.1) is 12.7 Å². The Morgan fingerprint density at radius 3 is 2.93 bits per heavy atom. The molecule has 0 atom stereocenters. The quantitative estimate of drug-likeness (QED) is 0.731. The van der Waals surface area contributed by atoms with Crippen LogP contribution in [0.1, 0.15) is 32.7 Å². The molecule has 1 aromatic heterocycles. The highest BCUT2D eigenvalue weighted by molar-refractivity contribution is 6.04. The number of nitrogens with one attached hydrogen (secondary N) is 1. The molecule has 1 aliphatic heterocycles. The molecule has 1 amide bonds. The van der Waals surface area contributed by atoms with Gasteiger partial charge in [-0.15, -0.1) is 0 Å². The van der Waals surface area contributed by atoms with Gasteiger partial charge in [0.05, 0.1) is 25.1 Å². The molecule has 7 heteroatoms. The first-order chi connectivity index (χ1) is 13.5. The molecular weight excluding hydrogens is 361 g/mol. The number of rotatable bonds is 5. The summed E-state index contributed by atoms with van der Waals surface area (Å²) in [4.78, 5) is 12.5. The van der Waals surface area contributed by atoms with Gasteiger partial charge >= 0.3 is 0 Å². The Labute approximate surface area is 161 Å². The van der Waals surface area contributed by atoms with E-state index in [0.29, 0.717) is 18.9 Å². The van der Waals surface area contributed by atoms with Crippen molar-refractivity contribution in [2.24, 2.45) is 7.05 Å². The third-order valence-corrected chi connectivity index (χ3v) is 4.85. The molecule has 0 spiro atoms. The third kappa shape index (κ3) is 3.48. The smallest absolute Gasteiger partial charge is 0.255 e. The normalized spacial score (nSPS) is 12.7. The largest absolute Gasteiger partial charge is 0.484 e. The summed E-state index contributed by atoms with van der Waals surface area (Å²) in [5, 5.41) is 6.97. The minimum absolute atomic E-state index is 0.0890. The summed E-state index contributed by atoms with van der Waals surface area (Å²) in [5.74, 6) is -0.881. The Balaban J connectivity index is 1.47. The number of fused-ring (bicyclic) bond motifs is 1. The maximum atomic E-state index is 14.5. The van der Waals surface area contributed by atoms with Crippen molar-refractivity contribution in [1.82, 2.24) is 9.78 Å². The molecule has 0 bridgehead atoms. The number of amides is 1. The van der Waals surface area contributed by atoms with E-state index >= 15 is 0 Å². The zero-order chi connectivity index (χ0) is 19.7. The molecule has 0 unspecified atom stereocenters. The van der Waals surface area contributed by atoms with Crippen LogP contribution in [0.3, 0.4) is 0 Å². The number of aryl methyl sites for hydroxylation is 2. The molecule has 0 fully saturated rings. The molecule has 0 saturated heterocycles. The number of aromatic nitrogens is 2. The number of carbonyl (C=O) groups excluding carboxylic acids is 1. The van der Waals surface area contributed by atoms with Crippen molar-refractivity contribution < 1.29 is 18.7 Å². The van der Waals surface area contributed by atoms with Crippen LogP contribution in [-0.2, 0) is 31.6 Å². The maximum absolute atomic E-state index is 14.5. The molecule has 144 valence electrons. The summed E-state index contributed by atoms with van der Waals surface area (Å²) in [6.07, 6.45) is 1.73. The van der Waals surface area contributed by atoms with Crippen LogP contribution in [-0.4, -0.2) is 15.7 Å². The molecular formula is C21H20FN3O3. The van der Waals surface area contributed by atoms with E-state index in [4.69, 9.17) is 9.47 Å². The Kier molecular flexibility index (Phi) is 4.83.